The second kappa shape index (κ2) is 13.2. The van der Waals surface area contributed by atoms with Gasteiger partial charge in [-0.25, -0.2) is 5.43 Å². The number of halogens is 2. The molecule has 2 amide bonds. The van der Waals surface area contributed by atoms with E-state index in [1.165, 1.54) is 25.1 Å². The smallest absolute Gasteiger partial charge is 0.262 e. The van der Waals surface area contributed by atoms with Gasteiger partial charge in [0.15, 0.2) is 18.1 Å². The lowest BCUT2D eigenvalue weighted by atomic mass is 10.2. The summed E-state index contributed by atoms with van der Waals surface area (Å²) in [5, 5.41) is 7.43. The summed E-state index contributed by atoms with van der Waals surface area (Å²) in [6, 6.07) is 18.2. The minimum absolute atomic E-state index is 0.197. The Morgan fingerprint density at radius 3 is 2.49 bits per heavy atom. The molecule has 0 aliphatic carbocycles. The van der Waals surface area contributed by atoms with Crippen LogP contribution in [-0.2, 0) is 9.59 Å². The molecule has 0 saturated carbocycles. The molecule has 2 N–H and O–H groups in total. The summed E-state index contributed by atoms with van der Waals surface area (Å²) in [6.07, 6.45) is 1.49. The van der Waals surface area contributed by atoms with Gasteiger partial charge in [0.05, 0.1) is 23.5 Å². The molecule has 3 rings (SSSR count). The Labute approximate surface area is 221 Å². The van der Waals surface area contributed by atoms with E-state index in [0.29, 0.717) is 32.2 Å². The summed E-state index contributed by atoms with van der Waals surface area (Å²) in [4.78, 5) is 25.2. The highest BCUT2D eigenvalue weighted by Gasteiger charge is 2.13. The predicted molar refractivity (Wildman–Crippen MR) is 144 cm³/mol. The zero-order valence-electron chi connectivity index (χ0n) is 19.0. The highest BCUT2D eigenvalue weighted by atomic mass is 79.9. The molecule has 7 nitrogen and oxygen atoms in total. The Kier molecular flexibility index (Phi) is 10.0. The summed E-state index contributed by atoms with van der Waals surface area (Å²) in [6.45, 7) is 1.78. The second-order valence-corrected chi connectivity index (χ2v) is 9.61. The van der Waals surface area contributed by atoms with Crippen LogP contribution in [0.4, 0.5) is 5.69 Å². The first-order valence-electron chi connectivity index (χ1n) is 10.4. The van der Waals surface area contributed by atoms with E-state index < -0.39 is 0 Å². The number of nitrogens with zero attached hydrogens (tertiary/aromatic N) is 1. The number of thioether (sulfide) groups is 1. The molecule has 3 aromatic carbocycles. The van der Waals surface area contributed by atoms with Gasteiger partial charge in [-0.3, -0.25) is 9.59 Å². The fourth-order valence-electron chi connectivity index (χ4n) is 2.82. The van der Waals surface area contributed by atoms with Crippen molar-refractivity contribution in [2.24, 2.45) is 5.10 Å². The highest BCUT2D eigenvalue weighted by molar-refractivity contribution is 9.10. The van der Waals surface area contributed by atoms with E-state index >= 15 is 0 Å². The van der Waals surface area contributed by atoms with Crippen LogP contribution >= 0.6 is 39.3 Å². The molecule has 0 fully saturated rings. The van der Waals surface area contributed by atoms with Crippen molar-refractivity contribution in [3.8, 4) is 11.5 Å². The third-order valence-corrected chi connectivity index (χ3v) is 6.37. The maximum absolute atomic E-state index is 12.3. The summed E-state index contributed by atoms with van der Waals surface area (Å²) in [5.74, 6) is 0.462. The third-order valence-electron chi connectivity index (χ3n) is 4.52. The van der Waals surface area contributed by atoms with Crippen molar-refractivity contribution >= 4 is 63.0 Å². The van der Waals surface area contributed by atoms with Gasteiger partial charge in [-0.2, -0.15) is 5.10 Å². The van der Waals surface area contributed by atoms with Crippen LogP contribution in [0.3, 0.4) is 0 Å². The van der Waals surface area contributed by atoms with Gasteiger partial charge in [-0.1, -0.05) is 29.3 Å². The lowest BCUT2D eigenvalue weighted by Crippen LogP contribution is -2.20. The van der Waals surface area contributed by atoms with Crippen LogP contribution in [0.25, 0.3) is 0 Å². The summed E-state index contributed by atoms with van der Waals surface area (Å²) in [7, 11) is 1.50. The average molecular weight is 577 g/mol. The molecule has 0 bridgehead atoms. The van der Waals surface area contributed by atoms with Gasteiger partial charge in [0.2, 0.25) is 5.91 Å². The minimum atomic E-state index is -0.298. The van der Waals surface area contributed by atoms with Crippen LogP contribution < -0.4 is 20.2 Å². The van der Waals surface area contributed by atoms with Gasteiger partial charge in [-0.15, -0.1) is 11.8 Å². The van der Waals surface area contributed by atoms with Gasteiger partial charge < -0.3 is 14.8 Å². The van der Waals surface area contributed by atoms with Crippen LogP contribution in [0, 0.1) is 6.92 Å². The topological polar surface area (TPSA) is 89.0 Å². The van der Waals surface area contributed by atoms with Gasteiger partial charge in [-0.05, 0) is 76.9 Å². The number of hydrazone groups is 1. The van der Waals surface area contributed by atoms with Crippen molar-refractivity contribution in [2.45, 2.75) is 11.8 Å². The zero-order valence-corrected chi connectivity index (χ0v) is 22.2. The lowest BCUT2D eigenvalue weighted by molar-refractivity contribution is -0.119. The summed E-state index contributed by atoms with van der Waals surface area (Å²) >= 11 is 10.7. The largest absolute Gasteiger partial charge is 0.493 e. The first kappa shape index (κ1) is 26.6. The Morgan fingerprint density at radius 2 is 1.80 bits per heavy atom. The first-order chi connectivity index (χ1) is 16.8. The molecular formula is C25H23BrClN3O4S. The number of ether oxygens (including phenoxy) is 2. The molecule has 0 heterocycles. The van der Waals surface area contributed by atoms with E-state index in [-0.39, 0.29) is 24.2 Å². The van der Waals surface area contributed by atoms with E-state index in [9.17, 15) is 9.59 Å². The highest BCUT2D eigenvalue weighted by Crippen LogP contribution is 2.36. The van der Waals surface area contributed by atoms with E-state index in [2.05, 4.69) is 31.8 Å². The fraction of sp³-hybridized carbons (Fsp3) is 0.160. The van der Waals surface area contributed by atoms with Crippen molar-refractivity contribution in [2.75, 3.05) is 24.8 Å². The third kappa shape index (κ3) is 8.61. The standard InChI is InChI=1S/C25H23BrClN3O4S/c1-16-3-7-19(8-4-16)29-23(31)14-34-25-21(26)11-17(12-22(25)33-2)13-28-30-24(32)15-35-20-9-5-18(27)6-10-20/h3-13H,14-15H2,1-2H3,(H,29,31)(H,30,32)/b28-13-. The van der Waals surface area contributed by atoms with E-state index in [0.717, 1.165) is 10.5 Å². The number of carbonyl (C=O) groups is 2. The van der Waals surface area contributed by atoms with E-state index in [1.54, 1.807) is 24.3 Å². The average Bonchev–Trinajstić information content (AvgIpc) is 2.84. The molecular weight excluding hydrogens is 554 g/mol. The molecule has 35 heavy (non-hydrogen) atoms. The predicted octanol–water partition coefficient (Wildman–Crippen LogP) is 5.68. The lowest BCUT2D eigenvalue weighted by Gasteiger charge is -2.13. The molecule has 0 aliphatic rings. The number of carbonyl (C=O) groups excluding carboxylic acids is 2. The Morgan fingerprint density at radius 1 is 1.09 bits per heavy atom. The Bertz CT molecular complexity index is 1200. The van der Waals surface area contributed by atoms with Crippen molar-refractivity contribution in [3.63, 3.8) is 0 Å². The van der Waals surface area contributed by atoms with Crippen LogP contribution in [0.2, 0.25) is 5.02 Å². The SMILES string of the molecule is COc1cc(/C=N\NC(=O)CSc2ccc(Cl)cc2)cc(Br)c1OCC(=O)Nc1ccc(C)cc1. The summed E-state index contributed by atoms with van der Waals surface area (Å²) in [5.41, 5.74) is 4.95. The van der Waals surface area contributed by atoms with E-state index in [1.807, 2.05) is 43.3 Å². The number of methoxy groups -OCH3 is 1. The number of hydrogen-bond donors (Lipinski definition) is 2. The van der Waals surface area contributed by atoms with Crippen LogP contribution in [0.15, 0.2) is 75.1 Å². The maximum atomic E-state index is 12.3. The molecule has 0 atom stereocenters. The van der Waals surface area contributed by atoms with Crippen molar-refractivity contribution in [3.05, 3.63) is 81.3 Å². The molecule has 0 saturated heterocycles. The van der Waals surface area contributed by atoms with Crippen LogP contribution in [0.5, 0.6) is 11.5 Å². The monoisotopic (exact) mass is 575 g/mol. The molecule has 0 aliphatic heterocycles. The number of hydrogen-bond acceptors (Lipinski definition) is 6. The fourth-order valence-corrected chi connectivity index (χ4v) is 4.21. The van der Waals surface area contributed by atoms with Gasteiger partial charge in [0, 0.05) is 15.6 Å². The molecule has 0 radical (unpaired) electrons. The van der Waals surface area contributed by atoms with Gasteiger partial charge >= 0.3 is 0 Å². The molecule has 10 heteroatoms. The zero-order chi connectivity index (χ0) is 25.2. The molecule has 182 valence electrons. The second-order valence-electron chi connectivity index (χ2n) is 7.27. The van der Waals surface area contributed by atoms with Crippen molar-refractivity contribution in [1.82, 2.24) is 5.43 Å². The van der Waals surface area contributed by atoms with Crippen molar-refractivity contribution < 1.29 is 19.1 Å². The van der Waals surface area contributed by atoms with E-state index in [4.69, 9.17) is 21.1 Å². The molecule has 0 spiro atoms. The Hall–Kier alpha value is -3.01. The minimum Gasteiger partial charge on any atom is -0.493 e. The molecule has 0 unspecified atom stereocenters. The quantitative estimate of drug-likeness (QED) is 0.184. The Balaban J connectivity index is 1.53. The normalized spacial score (nSPS) is 10.7. The van der Waals surface area contributed by atoms with Crippen molar-refractivity contribution in [1.29, 1.82) is 0 Å². The first-order valence-corrected chi connectivity index (χ1v) is 12.6. The molecule has 0 aromatic heterocycles. The van der Waals surface area contributed by atoms with Gasteiger partial charge in [0.1, 0.15) is 0 Å². The van der Waals surface area contributed by atoms with Crippen LogP contribution in [-0.4, -0.2) is 37.5 Å². The maximum Gasteiger partial charge on any atom is 0.262 e. The van der Waals surface area contributed by atoms with Crippen LogP contribution in [0.1, 0.15) is 11.1 Å². The molecule has 3 aromatic rings. The number of anilines is 1. The van der Waals surface area contributed by atoms with Gasteiger partial charge in [0.25, 0.3) is 5.91 Å². The number of amides is 2. The number of benzene rings is 3. The summed E-state index contributed by atoms with van der Waals surface area (Å²) < 4.78 is 11.7. The number of nitrogens with one attached hydrogen (secondary N) is 2. The number of aryl methyl sites for hydroxylation is 1. The number of rotatable bonds is 10.